The number of thiazole rings is 1. The number of hydrogen-bond donors (Lipinski definition) is 0. The summed E-state index contributed by atoms with van der Waals surface area (Å²) < 4.78 is 24.3. The van der Waals surface area contributed by atoms with Crippen LogP contribution in [0.4, 0.5) is 0 Å². The maximum atomic E-state index is 13.9. The van der Waals surface area contributed by atoms with E-state index in [0.717, 1.165) is 11.1 Å². The minimum Gasteiger partial charge on any atom is -0.489 e. The Labute approximate surface area is 244 Å². The zero-order valence-corrected chi connectivity index (χ0v) is 23.6. The highest BCUT2D eigenvalue weighted by Crippen LogP contribution is 2.38. The minimum absolute atomic E-state index is 0.109. The second-order valence-electron chi connectivity index (χ2n) is 9.54. The van der Waals surface area contributed by atoms with E-state index >= 15 is 0 Å². The van der Waals surface area contributed by atoms with Crippen molar-refractivity contribution >= 4 is 23.4 Å². The molecule has 10 heteroatoms. The Hall–Kier alpha value is -5.14. The van der Waals surface area contributed by atoms with Gasteiger partial charge in [-0.05, 0) is 61.4 Å². The van der Waals surface area contributed by atoms with Crippen molar-refractivity contribution < 1.29 is 23.7 Å². The fraction of sp³-hybridized carbons (Fsp3) is 0.188. The van der Waals surface area contributed by atoms with Crippen LogP contribution in [0.5, 0.6) is 17.2 Å². The summed E-state index contributed by atoms with van der Waals surface area (Å²) >= 11 is 1.25. The van der Waals surface area contributed by atoms with Gasteiger partial charge < -0.3 is 18.9 Å². The first-order chi connectivity index (χ1) is 20.5. The highest BCUT2D eigenvalue weighted by atomic mass is 32.1. The molecule has 2 aliphatic rings. The molecule has 0 radical (unpaired) electrons. The second kappa shape index (κ2) is 11.4. The maximum Gasteiger partial charge on any atom is 0.338 e. The highest BCUT2D eigenvalue weighted by molar-refractivity contribution is 7.07. The lowest BCUT2D eigenvalue weighted by atomic mass is 9.95. The van der Waals surface area contributed by atoms with Crippen LogP contribution in [0, 0.1) is 11.3 Å². The van der Waals surface area contributed by atoms with Gasteiger partial charge in [0, 0.05) is 5.56 Å². The molecule has 6 rings (SSSR count). The Kier molecular flexibility index (Phi) is 7.33. The van der Waals surface area contributed by atoms with Gasteiger partial charge in [-0.3, -0.25) is 9.36 Å². The Morgan fingerprint density at radius 3 is 2.71 bits per heavy atom. The van der Waals surface area contributed by atoms with Gasteiger partial charge in [-0.25, -0.2) is 9.79 Å². The Morgan fingerprint density at radius 2 is 1.93 bits per heavy atom. The molecule has 0 saturated carbocycles. The lowest BCUT2D eigenvalue weighted by Gasteiger charge is -2.24. The summed E-state index contributed by atoms with van der Waals surface area (Å²) in [4.78, 5) is 32.1. The molecule has 42 heavy (non-hydrogen) atoms. The molecule has 0 fully saturated rings. The predicted molar refractivity (Wildman–Crippen MR) is 155 cm³/mol. The number of carbonyl (C=O) groups excluding carboxylic acids is 1. The largest absolute Gasteiger partial charge is 0.489 e. The van der Waals surface area contributed by atoms with Crippen LogP contribution in [0.2, 0.25) is 0 Å². The van der Waals surface area contributed by atoms with E-state index in [9.17, 15) is 14.9 Å². The summed E-state index contributed by atoms with van der Waals surface area (Å²) in [5, 5.41) is 9.29. The van der Waals surface area contributed by atoms with Gasteiger partial charge in [0.15, 0.2) is 16.3 Å². The van der Waals surface area contributed by atoms with Crippen molar-refractivity contribution in [3.05, 3.63) is 120 Å². The van der Waals surface area contributed by atoms with Crippen molar-refractivity contribution in [2.45, 2.75) is 26.5 Å². The maximum absolute atomic E-state index is 13.9. The van der Waals surface area contributed by atoms with Gasteiger partial charge in [-0.2, -0.15) is 5.26 Å². The first-order valence-corrected chi connectivity index (χ1v) is 14.1. The van der Waals surface area contributed by atoms with Crippen molar-refractivity contribution in [1.82, 2.24) is 4.57 Å². The second-order valence-corrected chi connectivity index (χ2v) is 10.6. The summed E-state index contributed by atoms with van der Waals surface area (Å²) in [5.74, 6) is 1.26. The average Bonchev–Trinajstić information content (AvgIpc) is 3.59. The van der Waals surface area contributed by atoms with Crippen molar-refractivity contribution in [3.8, 4) is 23.3 Å². The summed E-state index contributed by atoms with van der Waals surface area (Å²) in [6, 6.07) is 21.4. The predicted octanol–water partition coefficient (Wildman–Crippen LogP) is 3.98. The quantitative estimate of drug-likeness (QED) is 0.305. The van der Waals surface area contributed by atoms with E-state index < -0.39 is 12.0 Å². The fourth-order valence-corrected chi connectivity index (χ4v) is 5.96. The van der Waals surface area contributed by atoms with E-state index in [1.165, 1.54) is 15.9 Å². The molecule has 1 aromatic heterocycles. The first-order valence-electron chi connectivity index (χ1n) is 13.3. The Balaban J connectivity index is 1.35. The van der Waals surface area contributed by atoms with E-state index in [4.69, 9.17) is 18.9 Å². The first kappa shape index (κ1) is 27.1. The fourth-order valence-electron chi connectivity index (χ4n) is 4.92. The van der Waals surface area contributed by atoms with Crippen molar-refractivity contribution in [1.29, 1.82) is 5.26 Å². The van der Waals surface area contributed by atoms with Gasteiger partial charge >= 0.3 is 5.97 Å². The van der Waals surface area contributed by atoms with E-state index in [2.05, 4.69) is 11.1 Å². The van der Waals surface area contributed by atoms with Crippen LogP contribution in [-0.2, 0) is 16.1 Å². The molecule has 0 amide bonds. The van der Waals surface area contributed by atoms with Gasteiger partial charge in [-0.15, -0.1) is 0 Å². The molecular weight excluding hydrogens is 554 g/mol. The van der Waals surface area contributed by atoms with E-state index in [-0.39, 0.29) is 25.6 Å². The van der Waals surface area contributed by atoms with Crippen LogP contribution in [-0.4, -0.2) is 23.9 Å². The number of hydrogen-bond acceptors (Lipinski definition) is 9. The van der Waals surface area contributed by atoms with Gasteiger partial charge in [-0.1, -0.05) is 47.7 Å². The smallest absolute Gasteiger partial charge is 0.338 e. The third kappa shape index (κ3) is 5.06. The van der Waals surface area contributed by atoms with Crippen molar-refractivity contribution in [3.63, 3.8) is 0 Å². The van der Waals surface area contributed by atoms with Crippen molar-refractivity contribution in [2.24, 2.45) is 4.99 Å². The van der Waals surface area contributed by atoms with Crippen LogP contribution in [0.25, 0.3) is 6.08 Å². The molecule has 3 aromatic carbocycles. The molecule has 3 heterocycles. The molecule has 0 bridgehead atoms. The molecular formula is C32H25N3O6S. The van der Waals surface area contributed by atoms with Crippen LogP contribution >= 0.6 is 11.3 Å². The number of fused-ring (bicyclic) bond motifs is 2. The molecule has 1 atom stereocenters. The topological polar surface area (TPSA) is 112 Å². The average molecular weight is 580 g/mol. The van der Waals surface area contributed by atoms with Crippen molar-refractivity contribution in [2.75, 3.05) is 13.4 Å². The number of esters is 1. The Morgan fingerprint density at radius 1 is 1.14 bits per heavy atom. The SMILES string of the molecule is CCOC(=O)C1=C(C)N=c2s/c(=C/c3ccc(OCc4ccccc4C#N)cc3)c(=O)n2[C@H]1c1ccc2c(c1)OCO2. The molecule has 2 aliphatic heterocycles. The third-order valence-corrected chi connectivity index (χ3v) is 7.92. The number of rotatable bonds is 7. The lowest BCUT2D eigenvalue weighted by Crippen LogP contribution is -2.39. The molecule has 9 nitrogen and oxygen atoms in total. The zero-order chi connectivity index (χ0) is 29.2. The van der Waals surface area contributed by atoms with Gasteiger partial charge in [0.25, 0.3) is 5.56 Å². The number of nitriles is 1. The summed E-state index contributed by atoms with van der Waals surface area (Å²) in [6.45, 7) is 4.05. The van der Waals surface area contributed by atoms with Gasteiger partial charge in [0.05, 0.1) is 40.1 Å². The highest BCUT2D eigenvalue weighted by Gasteiger charge is 2.34. The molecule has 0 N–H and O–H groups in total. The summed E-state index contributed by atoms with van der Waals surface area (Å²) in [6.07, 6.45) is 1.79. The molecule has 4 aromatic rings. The number of benzene rings is 3. The third-order valence-electron chi connectivity index (χ3n) is 6.94. The minimum atomic E-state index is -0.746. The zero-order valence-electron chi connectivity index (χ0n) is 22.8. The number of allylic oxidation sites excluding steroid dienone is 1. The monoisotopic (exact) mass is 579 g/mol. The van der Waals surface area contributed by atoms with Crippen LogP contribution in [0.3, 0.4) is 0 Å². The van der Waals surface area contributed by atoms with Crippen LogP contribution in [0.15, 0.2) is 87.8 Å². The molecule has 0 unspecified atom stereocenters. The molecule has 0 saturated heterocycles. The van der Waals surface area contributed by atoms with E-state index in [0.29, 0.717) is 49.0 Å². The number of nitrogens with zero attached hydrogens (tertiary/aromatic N) is 3. The van der Waals surface area contributed by atoms with Crippen LogP contribution in [0.1, 0.15) is 42.1 Å². The summed E-state index contributed by atoms with van der Waals surface area (Å²) in [5.41, 5.74) is 3.38. The normalized spacial score (nSPS) is 15.5. The van der Waals surface area contributed by atoms with E-state index in [1.54, 1.807) is 38.1 Å². The van der Waals surface area contributed by atoms with Gasteiger partial charge in [0.2, 0.25) is 6.79 Å². The van der Waals surface area contributed by atoms with Crippen LogP contribution < -0.4 is 29.1 Å². The number of carbonyl (C=O) groups is 1. The molecule has 0 spiro atoms. The lowest BCUT2D eigenvalue weighted by molar-refractivity contribution is -0.139. The standard InChI is InChI=1S/C32H25N3O6S/c1-3-38-31(37)28-19(2)34-32-35(29(28)21-10-13-25-26(15-21)41-18-40-25)30(36)27(42-32)14-20-8-11-24(12-9-20)39-17-23-7-5-4-6-22(23)16-33/h4-15,29H,3,17-18H2,1-2H3/b27-14+/t29-/m0/s1. The molecule has 0 aliphatic carbocycles. The Bertz CT molecular complexity index is 1950. The van der Waals surface area contributed by atoms with Gasteiger partial charge in [0.1, 0.15) is 12.4 Å². The van der Waals surface area contributed by atoms with E-state index in [1.807, 2.05) is 48.5 Å². The summed E-state index contributed by atoms with van der Waals surface area (Å²) in [7, 11) is 0. The number of aromatic nitrogens is 1. The number of ether oxygens (including phenoxy) is 4. The molecule has 210 valence electrons.